The number of carbonyl (C=O) groups is 1. The van der Waals surface area contributed by atoms with Crippen molar-refractivity contribution in [3.8, 4) is 0 Å². The van der Waals surface area contributed by atoms with Crippen LogP contribution in [0.25, 0.3) is 0 Å². The van der Waals surface area contributed by atoms with Crippen LogP contribution in [0, 0.1) is 5.92 Å². The summed E-state index contributed by atoms with van der Waals surface area (Å²) in [5, 5.41) is 7.51. The first-order valence-electron chi connectivity index (χ1n) is 7.25. The van der Waals surface area contributed by atoms with E-state index in [-0.39, 0.29) is 11.9 Å². The van der Waals surface area contributed by atoms with E-state index in [0.29, 0.717) is 39.0 Å². The zero-order valence-corrected chi connectivity index (χ0v) is 13.0. The number of carbonyl (C=O) groups excluding carboxylic acids is 1. The second-order valence-electron chi connectivity index (χ2n) is 5.48. The van der Waals surface area contributed by atoms with Crippen molar-refractivity contribution in [2.45, 2.75) is 25.6 Å². The maximum Gasteiger partial charge on any atom is 0.401 e. The molecule has 0 aromatic carbocycles. The molecule has 0 unspecified atom stereocenters. The van der Waals surface area contributed by atoms with Crippen molar-refractivity contribution in [1.82, 2.24) is 15.5 Å². The summed E-state index contributed by atoms with van der Waals surface area (Å²) in [7, 11) is 0. The van der Waals surface area contributed by atoms with Crippen molar-refractivity contribution in [2.24, 2.45) is 5.92 Å². The fourth-order valence-electron chi connectivity index (χ4n) is 2.48. The molecular weight excluding hydrogens is 315 g/mol. The maximum atomic E-state index is 12.3. The lowest BCUT2D eigenvalue weighted by Crippen LogP contribution is -2.44. The highest BCUT2D eigenvalue weighted by molar-refractivity contribution is 7.09. The van der Waals surface area contributed by atoms with Crippen molar-refractivity contribution in [1.29, 1.82) is 0 Å². The molecule has 1 aliphatic heterocycles. The monoisotopic (exact) mass is 335 g/mol. The van der Waals surface area contributed by atoms with Crippen LogP contribution in [0.4, 0.5) is 18.0 Å². The Bertz CT molecular complexity index is 456. The molecule has 0 bridgehead atoms. The normalized spacial score (nSPS) is 17.4. The lowest BCUT2D eigenvalue weighted by atomic mass is 9.97. The fraction of sp³-hybridized carbons (Fsp3) is 0.643. The Balaban J connectivity index is 1.59. The second-order valence-corrected chi connectivity index (χ2v) is 6.51. The zero-order valence-electron chi connectivity index (χ0n) is 12.2. The predicted molar refractivity (Wildman–Crippen MR) is 79.8 cm³/mol. The quantitative estimate of drug-likeness (QED) is 0.869. The van der Waals surface area contributed by atoms with Gasteiger partial charge < -0.3 is 10.6 Å². The van der Waals surface area contributed by atoms with Gasteiger partial charge in [-0.2, -0.15) is 13.2 Å². The van der Waals surface area contributed by atoms with Gasteiger partial charge in [0.2, 0.25) is 0 Å². The molecule has 2 rings (SSSR count). The molecular formula is C14H20F3N3OS. The minimum atomic E-state index is -4.13. The van der Waals surface area contributed by atoms with Crippen LogP contribution in [-0.4, -0.2) is 43.3 Å². The summed E-state index contributed by atoms with van der Waals surface area (Å²) in [6.45, 7) is 1.03. The van der Waals surface area contributed by atoms with E-state index in [0.717, 1.165) is 4.88 Å². The molecule has 124 valence electrons. The minimum Gasteiger partial charge on any atom is -0.338 e. The minimum absolute atomic E-state index is 0.230. The van der Waals surface area contributed by atoms with Gasteiger partial charge in [0.05, 0.1) is 13.1 Å². The van der Waals surface area contributed by atoms with Crippen LogP contribution in [-0.2, 0) is 6.54 Å². The number of amides is 2. The van der Waals surface area contributed by atoms with Crippen molar-refractivity contribution in [3.63, 3.8) is 0 Å². The van der Waals surface area contributed by atoms with E-state index >= 15 is 0 Å². The van der Waals surface area contributed by atoms with Gasteiger partial charge in [0.1, 0.15) is 0 Å². The van der Waals surface area contributed by atoms with Gasteiger partial charge in [-0.25, -0.2) is 4.79 Å². The van der Waals surface area contributed by atoms with Gasteiger partial charge in [0.15, 0.2) is 0 Å². The Hall–Kier alpha value is -1.28. The molecule has 0 aliphatic carbocycles. The number of urea groups is 1. The summed E-state index contributed by atoms with van der Waals surface area (Å²) in [5.74, 6) is 0.247. The summed E-state index contributed by atoms with van der Waals surface area (Å²) in [6, 6.07) is 3.64. The number of alkyl halides is 3. The third-order valence-electron chi connectivity index (χ3n) is 3.66. The highest BCUT2D eigenvalue weighted by Crippen LogP contribution is 2.22. The van der Waals surface area contributed by atoms with E-state index < -0.39 is 12.7 Å². The van der Waals surface area contributed by atoms with Crippen LogP contribution in [0.2, 0.25) is 0 Å². The van der Waals surface area contributed by atoms with E-state index in [1.165, 1.54) is 4.90 Å². The third-order valence-corrected chi connectivity index (χ3v) is 4.54. The molecule has 1 aromatic rings. The summed E-state index contributed by atoms with van der Waals surface area (Å²) in [4.78, 5) is 14.2. The summed E-state index contributed by atoms with van der Waals surface area (Å²) >= 11 is 1.58. The standard InChI is InChI=1S/C14H20F3N3OS/c15-14(16,17)10-20-5-3-11(4-6-20)8-18-13(21)19-9-12-2-1-7-22-12/h1-2,7,11H,3-6,8-10H2,(H2,18,19,21). The van der Waals surface area contributed by atoms with E-state index in [1.807, 2.05) is 17.5 Å². The first-order chi connectivity index (χ1) is 10.4. The van der Waals surface area contributed by atoms with Crippen LogP contribution in [0.15, 0.2) is 17.5 Å². The number of rotatable bonds is 5. The van der Waals surface area contributed by atoms with Gasteiger partial charge in [-0.15, -0.1) is 11.3 Å². The summed E-state index contributed by atoms with van der Waals surface area (Å²) in [6.07, 6.45) is -2.77. The van der Waals surface area contributed by atoms with Crippen molar-refractivity contribution in [3.05, 3.63) is 22.4 Å². The smallest absolute Gasteiger partial charge is 0.338 e. The first kappa shape index (κ1) is 17.1. The molecule has 0 radical (unpaired) electrons. The molecule has 2 heterocycles. The number of nitrogens with one attached hydrogen (secondary N) is 2. The number of nitrogens with zero attached hydrogens (tertiary/aromatic N) is 1. The molecule has 1 fully saturated rings. The molecule has 0 spiro atoms. The van der Waals surface area contributed by atoms with Gasteiger partial charge in [-0.1, -0.05) is 6.07 Å². The molecule has 1 saturated heterocycles. The van der Waals surface area contributed by atoms with Crippen LogP contribution < -0.4 is 10.6 Å². The molecule has 2 amide bonds. The van der Waals surface area contributed by atoms with Crippen LogP contribution in [0.1, 0.15) is 17.7 Å². The molecule has 0 atom stereocenters. The van der Waals surface area contributed by atoms with Gasteiger partial charge in [0, 0.05) is 11.4 Å². The largest absolute Gasteiger partial charge is 0.401 e. The van der Waals surface area contributed by atoms with E-state index in [9.17, 15) is 18.0 Å². The molecule has 4 nitrogen and oxygen atoms in total. The molecule has 8 heteroatoms. The van der Waals surface area contributed by atoms with Gasteiger partial charge in [-0.05, 0) is 43.3 Å². The number of halogens is 3. The number of likely N-dealkylation sites (tertiary alicyclic amines) is 1. The lowest BCUT2D eigenvalue weighted by molar-refractivity contribution is -0.148. The molecule has 2 N–H and O–H groups in total. The van der Waals surface area contributed by atoms with E-state index in [4.69, 9.17) is 0 Å². The van der Waals surface area contributed by atoms with Crippen molar-refractivity contribution in [2.75, 3.05) is 26.2 Å². The maximum absolute atomic E-state index is 12.3. The van der Waals surface area contributed by atoms with Crippen molar-refractivity contribution >= 4 is 17.4 Å². The summed E-state index contributed by atoms with van der Waals surface area (Å²) < 4.78 is 36.9. The van der Waals surface area contributed by atoms with Crippen LogP contribution in [0.5, 0.6) is 0 Å². The Morgan fingerprint density at radius 1 is 1.32 bits per heavy atom. The number of hydrogen-bond acceptors (Lipinski definition) is 3. The van der Waals surface area contributed by atoms with Gasteiger partial charge in [-0.3, -0.25) is 4.90 Å². The number of piperidine rings is 1. The highest BCUT2D eigenvalue weighted by atomic mass is 32.1. The number of hydrogen-bond donors (Lipinski definition) is 2. The third kappa shape index (κ3) is 6.23. The average Bonchev–Trinajstić information content (AvgIpc) is 2.96. The predicted octanol–water partition coefficient (Wildman–Crippen LogP) is 2.82. The van der Waals surface area contributed by atoms with Crippen LogP contribution >= 0.6 is 11.3 Å². The van der Waals surface area contributed by atoms with Gasteiger partial charge >= 0.3 is 12.2 Å². The lowest BCUT2D eigenvalue weighted by Gasteiger charge is -2.32. The number of thiophene rings is 1. The Kier molecular flexibility index (Phi) is 6.07. The first-order valence-corrected chi connectivity index (χ1v) is 8.13. The van der Waals surface area contributed by atoms with E-state index in [2.05, 4.69) is 10.6 Å². The molecule has 0 saturated carbocycles. The second kappa shape index (κ2) is 7.82. The topological polar surface area (TPSA) is 44.4 Å². The Labute approximate surface area is 131 Å². The SMILES string of the molecule is O=C(NCc1cccs1)NCC1CCN(CC(F)(F)F)CC1. The van der Waals surface area contributed by atoms with Crippen LogP contribution in [0.3, 0.4) is 0 Å². The molecule has 1 aromatic heterocycles. The molecule has 1 aliphatic rings. The Morgan fingerprint density at radius 2 is 2.05 bits per heavy atom. The zero-order chi connectivity index (χ0) is 16.0. The molecule has 22 heavy (non-hydrogen) atoms. The van der Waals surface area contributed by atoms with Crippen molar-refractivity contribution < 1.29 is 18.0 Å². The van der Waals surface area contributed by atoms with E-state index in [1.54, 1.807) is 11.3 Å². The Morgan fingerprint density at radius 3 is 2.64 bits per heavy atom. The average molecular weight is 335 g/mol. The highest BCUT2D eigenvalue weighted by Gasteiger charge is 2.32. The summed E-state index contributed by atoms with van der Waals surface area (Å²) in [5.41, 5.74) is 0. The fourth-order valence-corrected chi connectivity index (χ4v) is 3.13. The van der Waals surface area contributed by atoms with Gasteiger partial charge in [0.25, 0.3) is 0 Å².